The number of carbonyl (C=O) groups is 2. The van der Waals surface area contributed by atoms with Gasteiger partial charge in [0.2, 0.25) is 0 Å². The topological polar surface area (TPSA) is 70.5 Å². The Morgan fingerprint density at radius 3 is 2.42 bits per heavy atom. The lowest BCUT2D eigenvalue weighted by molar-refractivity contribution is 0.0783. The summed E-state index contributed by atoms with van der Waals surface area (Å²) in [4.78, 5) is 30.0. The van der Waals surface area contributed by atoms with E-state index in [4.69, 9.17) is 0 Å². The van der Waals surface area contributed by atoms with Crippen molar-refractivity contribution in [1.82, 2.24) is 24.9 Å². The monoisotopic (exact) mass is 489 g/mol. The molecule has 2 aliphatic rings. The fraction of sp³-hybridized carbons (Fsp3) is 0.393. The van der Waals surface area contributed by atoms with Gasteiger partial charge < -0.3 is 10.2 Å². The molecular weight excluding hydrogens is 457 g/mol. The fourth-order valence-electron chi connectivity index (χ4n) is 5.16. The van der Waals surface area contributed by atoms with E-state index in [9.17, 15) is 14.0 Å². The van der Waals surface area contributed by atoms with Crippen LogP contribution < -0.4 is 5.32 Å². The van der Waals surface area contributed by atoms with Gasteiger partial charge in [0.05, 0.1) is 6.04 Å². The van der Waals surface area contributed by atoms with Gasteiger partial charge >= 0.3 is 0 Å². The maximum atomic E-state index is 13.2. The number of aromatic nitrogens is 2. The minimum Gasteiger partial charge on any atom is -0.346 e. The van der Waals surface area contributed by atoms with Crippen molar-refractivity contribution in [3.8, 4) is 0 Å². The average molecular weight is 490 g/mol. The molecule has 1 aromatic heterocycles. The Morgan fingerprint density at radius 2 is 1.72 bits per heavy atom. The molecule has 8 heteroatoms. The highest BCUT2D eigenvalue weighted by atomic mass is 19.1. The average Bonchev–Trinajstić information content (AvgIpc) is 3.53. The Hall–Kier alpha value is -3.52. The molecule has 188 valence electrons. The molecule has 0 unspecified atom stereocenters. The number of nitrogens with zero attached hydrogens (tertiary/aromatic N) is 4. The predicted molar refractivity (Wildman–Crippen MR) is 135 cm³/mol. The molecule has 5 rings (SSSR count). The van der Waals surface area contributed by atoms with E-state index in [-0.39, 0.29) is 23.7 Å². The summed E-state index contributed by atoms with van der Waals surface area (Å²) in [6, 6.07) is 13.6. The molecule has 2 aromatic carbocycles. The lowest BCUT2D eigenvalue weighted by Crippen LogP contribution is -2.33. The molecule has 1 atom stereocenters. The first kappa shape index (κ1) is 24.2. The van der Waals surface area contributed by atoms with Gasteiger partial charge in [-0.2, -0.15) is 5.10 Å². The van der Waals surface area contributed by atoms with Gasteiger partial charge in [0.15, 0.2) is 5.69 Å². The van der Waals surface area contributed by atoms with Gasteiger partial charge in [-0.15, -0.1) is 0 Å². The van der Waals surface area contributed by atoms with E-state index >= 15 is 0 Å². The van der Waals surface area contributed by atoms with Crippen LogP contribution in [0.5, 0.6) is 0 Å². The number of hydrogen-bond donors (Lipinski definition) is 1. The molecule has 2 aliphatic heterocycles. The number of benzene rings is 2. The minimum absolute atomic E-state index is 0.0523. The molecule has 0 radical (unpaired) electrons. The van der Waals surface area contributed by atoms with E-state index in [1.165, 1.54) is 12.1 Å². The van der Waals surface area contributed by atoms with Gasteiger partial charge in [-0.3, -0.25) is 19.2 Å². The van der Waals surface area contributed by atoms with Crippen LogP contribution in [-0.2, 0) is 26.6 Å². The van der Waals surface area contributed by atoms with Crippen molar-refractivity contribution in [2.75, 3.05) is 19.6 Å². The Kier molecular flexibility index (Phi) is 6.87. The third-order valence-electron chi connectivity index (χ3n) is 7.26. The Labute approximate surface area is 210 Å². The maximum absolute atomic E-state index is 13.2. The number of aryl methyl sites for hydroxylation is 1. The van der Waals surface area contributed by atoms with E-state index < -0.39 is 0 Å². The molecule has 1 fully saturated rings. The van der Waals surface area contributed by atoms with Crippen LogP contribution in [0.15, 0.2) is 48.5 Å². The molecule has 0 spiro atoms. The van der Waals surface area contributed by atoms with Crippen LogP contribution in [0, 0.1) is 5.82 Å². The third kappa shape index (κ3) is 5.04. The van der Waals surface area contributed by atoms with Crippen LogP contribution in [-0.4, -0.2) is 51.0 Å². The first-order chi connectivity index (χ1) is 17.4. The highest BCUT2D eigenvalue weighted by Crippen LogP contribution is 2.25. The highest BCUT2D eigenvalue weighted by Gasteiger charge is 2.30. The standard InChI is InChI=1S/C28H32FN5O2/c1-19(21-9-11-23(29)12-10-21)30-27(35)22-7-5-20(6-8-22)17-33-16-13-25-24(18-33)26(31-32(25)2)28(36)34-14-3-4-15-34/h5-12,19H,3-4,13-18H2,1-2H3,(H,30,35)/t19-/m0/s1. The van der Waals surface area contributed by atoms with Crippen molar-refractivity contribution < 1.29 is 14.0 Å². The lowest BCUT2D eigenvalue weighted by Gasteiger charge is -2.28. The molecule has 1 N–H and O–H groups in total. The molecule has 1 saturated heterocycles. The summed E-state index contributed by atoms with van der Waals surface area (Å²) in [5.74, 6) is -0.409. The number of rotatable bonds is 6. The number of carbonyl (C=O) groups excluding carboxylic acids is 2. The number of fused-ring (bicyclic) bond motifs is 1. The van der Waals surface area contributed by atoms with E-state index in [0.717, 1.165) is 67.8 Å². The molecule has 36 heavy (non-hydrogen) atoms. The van der Waals surface area contributed by atoms with Gasteiger partial charge in [0, 0.05) is 63.0 Å². The van der Waals surface area contributed by atoms with Crippen molar-refractivity contribution >= 4 is 11.8 Å². The largest absolute Gasteiger partial charge is 0.346 e. The smallest absolute Gasteiger partial charge is 0.274 e. The van der Waals surface area contributed by atoms with Crippen molar-refractivity contribution in [3.63, 3.8) is 0 Å². The quantitative estimate of drug-likeness (QED) is 0.571. The van der Waals surface area contributed by atoms with Gasteiger partial charge in [-0.25, -0.2) is 4.39 Å². The van der Waals surface area contributed by atoms with Gasteiger partial charge in [-0.1, -0.05) is 24.3 Å². The zero-order chi connectivity index (χ0) is 25.2. The van der Waals surface area contributed by atoms with Crippen LogP contribution in [0.4, 0.5) is 4.39 Å². The molecule has 3 heterocycles. The second-order valence-corrected chi connectivity index (χ2v) is 9.80. The summed E-state index contributed by atoms with van der Waals surface area (Å²) in [7, 11) is 1.93. The van der Waals surface area contributed by atoms with Crippen molar-refractivity contribution in [1.29, 1.82) is 0 Å². The summed E-state index contributed by atoms with van der Waals surface area (Å²) in [5, 5.41) is 7.56. The molecule has 3 aromatic rings. The van der Waals surface area contributed by atoms with Crippen molar-refractivity contribution in [3.05, 3.63) is 88.0 Å². The second-order valence-electron chi connectivity index (χ2n) is 9.80. The molecule has 7 nitrogen and oxygen atoms in total. The lowest BCUT2D eigenvalue weighted by atomic mass is 10.0. The SMILES string of the molecule is C[C@H](NC(=O)c1ccc(CN2CCc3c(c(C(=O)N4CCCC4)nn3C)C2)cc1)c1ccc(F)cc1. The minimum atomic E-state index is -0.296. The molecular formula is C28H32FN5O2. The summed E-state index contributed by atoms with van der Waals surface area (Å²) in [6.07, 6.45) is 2.98. The van der Waals surface area contributed by atoms with E-state index in [0.29, 0.717) is 17.8 Å². The maximum Gasteiger partial charge on any atom is 0.274 e. The zero-order valence-corrected chi connectivity index (χ0v) is 20.8. The highest BCUT2D eigenvalue weighted by molar-refractivity contribution is 5.95. The van der Waals surface area contributed by atoms with E-state index in [1.54, 1.807) is 12.1 Å². The fourth-order valence-corrected chi connectivity index (χ4v) is 5.16. The number of hydrogen-bond acceptors (Lipinski definition) is 4. The van der Waals surface area contributed by atoms with E-state index in [1.807, 2.05) is 47.8 Å². The Bertz CT molecular complexity index is 1250. The molecule has 0 bridgehead atoms. The molecule has 0 saturated carbocycles. The molecule has 2 amide bonds. The number of amides is 2. The van der Waals surface area contributed by atoms with Crippen LogP contribution in [0.3, 0.4) is 0 Å². The molecule has 0 aliphatic carbocycles. The normalized spacial score (nSPS) is 16.6. The Balaban J connectivity index is 1.22. The number of halogens is 1. The Morgan fingerprint density at radius 1 is 1.03 bits per heavy atom. The number of likely N-dealkylation sites (tertiary alicyclic amines) is 1. The summed E-state index contributed by atoms with van der Waals surface area (Å²) in [5.41, 5.74) is 5.34. The first-order valence-electron chi connectivity index (χ1n) is 12.6. The van der Waals surface area contributed by atoms with E-state index in [2.05, 4.69) is 15.3 Å². The summed E-state index contributed by atoms with van der Waals surface area (Å²) < 4.78 is 15.0. The first-order valence-corrected chi connectivity index (χ1v) is 12.6. The summed E-state index contributed by atoms with van der Waals surface area (Å²) in [6.45, 7) is 5.83. The predicted octanol–water partition coefficient (Wildman–Crippen LogP) is 3.84. The van der Waals surface area contributed by atoms with Gasteiger partial charge in [0.1, 0.15) is 5.82 Å². The number of nitrogens with one attached hydrogen (secondary N) is 1. The second kappa shape index (κ2) is 10.2. The van der Waals surface area contributed by atoms with Crippen LogP contribution in [0.25, 0.3) is 0 Å². The van der Waals surface area contributed by atoms with Crippen molar-refractivity contribution in [2.45, 2.75) is 45.3 Å². The zero-order valence-electron chi connectivity index (χ0n) is 20.8. The summed E-state index contributed by atoms with van der Waals surface area (Å²) >= 11 is 0. The van der Waals surface area contributed by atoms with Crippen LogP contribution in [0.2, 0.25) is 0 Å². The van der Waals surface area contributed by atoms with Crippen molar-refractivity contribution in [2.24, 2.45) is 7.05 Å². The van der Waals surface area contributed by atoms with Crippen LogP contribution in [0.1, 0.15) is 69.0 Å². The van der Waals surface area contributed by atoms with Gasteiger partial charge in [0.25, 0.3) is 11.8 Å². The third-order valence-corrected chi connectivity index (χ3v) is 7.26. The van der Waals surface area contributed by atoms with Crippen LogP contribution >= 0.6 is 0 Å². The van der Waals surface area contributed by atoms with Gasteiger partial charge in [-0.05, 0) is 55.2 Å².